The zero-order chi connectivity index (χ0) is 17.8. The van der Waals surface area contributed by atoms with Crippen LogP contribution in [-0.4, -0.2) is 35.4 Å². The third kappa shape index (κ3) is 4.85. The number of rotatable bonds is 6. The zero-order valence-electron chi connectivity index (χ0n) is 13.9. The summed E-state index contributed by atoms with van der Waals surface area (Å²) < 4.78 is 0. The molecule has 1 aliphatic heterocycles. The molecule has 2 aromatic rings. The van der Waals surface area contributed by atoms with Crippen LogP contribution in [-0.2, 0) is 13.0 Å². The van der Waals surface area contributed by atoms with Gasteiger partial charge < -0.3 is 10.2 Å². The molecule has 0 bridgehead atoms. The van der Waals surface area contributed by atoms with Gasteiger partial charge in [0.15, 0.2) is 5.82 Å². The normalized spacial score (nSPS) is 12.9. The van der Waals surface area contributed by atoms with Gasteiger partial charge in [0, 0.05) is 48.2 Å². The number of fused-ring (bicyclic) bond motifs is 1. The topological polar surface area (TPSA) is 40.5 Å². The molecule has 0 saturated carbocycles. The highest BCUT2D eigenvalue weighted by Crippen LogP contribution is 2.27. The molecule has 0 fully saturated rings. The molecule has 132 valence electrons. The summed E-state index contributed by atoms with van der Waals surface area (Å²) in [4.78, 5) is 11.2. The van der Waals surface area contributed by atoms with Crippen molar-refractivity contribution in [3.63, 3.8) is 0 Å². The van der Waals surface area contributed by atoms with Crippen molar-refractivity contribution in [2.75, 3.05) is 19.6 Å². The van der Waals surface area contributed by atoms with Gasteiger partial charge in [-0.3, -0.25) is 0 Å². The van der Waals surface area contributed by atoms with E-state index < -0.39 is 0 Å². The highest BCUT2D eigenvalue weighted by atomic mass is 35.5. The highest BCUT2D eigenvalue weighted by Gasteiger charge is 2.20. The number of nitrogens with one attached hydrogen (secondary N) is 1. The summed E-state index contributed by atoms with van der Waals surface area (Å²) in [6.45, 7) is 5.45. The van der Waals surface area contributed by atoms with E-state index in [1.165, 1.54) is 0 Å². The largest absolute Gasteiger partial charge is 0.359 e. The number of likely N-dealkylation sites (N-methyl/N-ethyl adjacent to an activating group) is 1. The molecule has 7 heteroatoms. The second-order valence-electron chi connectivity index (χ2n) is 5.86. The Labute approximate surface area is 162 Å². The first-order valence-electron chi connectivity index (χ1n) is 8.19. The van der Waals surface area contributed by atoms with E-state index in [2.05, 4.69) is 27.1 Å². The Balaban J connectivity index is 1.52. The van der Waals surface area contributed by atoms with Crippen LogP contribution in [0.4, 0.5) is 5.82 Å². The number of hydrogen-bond donors (Lipinski definition) is 1. The monoisotopic (exact) mass is 396 g/mol. The third-order valence-corrected chi connectivity index (χ3v) is 4.71. The number of hydrogen-bond acceptors (Lipinski definition) is 4. The average molecular weight is 398 g/mol. The number of pyridine rings is 1. The first kappa shape index (κ1) is 18.5. The Hall–Kier alpha value is -1.33. The quantitative estimate of drug-likeness (QED) is 0.565. The minimum Gasteiger partial charge on any atom is -0.359 e. The first-order valence-corrected chi connectivity index (χ1v) is 9.32. The van der Waals surface area contributed by atoms with Crippen molar-refractivity contribution in [1.82, 2.24) is 15.2 Å². The summed E-state index contributed by atoms with van der Waals surface area (Å²) in [7, 11) is 0. The van der Waals surface area contributed by atoms with Gasteiger partial charge in [0.25, 0.3) is 0 Å². The Bertz CT molecular complexity index is 772. The molecule has 0 aliphatic carbocycles. The van der Waals surface area contributed by atoms with Crippen molar-refractivity contribution in [1.29, 1.82) is 0 Å². The van der Waals surface area contributed by atoms with Crippen LogP contribution in [0.2, 0.25) is 15.2 Å². The number of aromatic nitrogens is 1. The van der Waals surface area contributed by atoms with Gasteiger partial charge in [-0.2, -0.15) is 0 Å². The number of benzene rings is 1. The van der Waals surface area contributed by atoms with E-state index >= 15 is 0 Å². The van der Waals surface area contributed by atoms with Gasteiger partial charge in [-0.05, 0) is 36.8 Å². The van der Waals surface area contributed by atoms with Gasteiger partial charge in [-0.1, -0.05) is 40.9 Å². The molecular weight excluding hydrogens is 379 g/mol. The Morgan fingerprint density at radius 2 is 1.88 bits per heavy atom. The van der Waals surface area contributed by atoms with Crippen molar-refractivity contribution < 1.29 is 0 Å². The van der Waals surface area contributed by atoms with Gasteiger partial charge in [-0.15, -0.1) is 0 Å². The van der Waals surface area contributed by atoms with E-state index in [0.717, 1.165) is 55.4 Å². The van der Waals surface area contributed by atoms with Crippen LogP contribution >= 0.6 is 34.8 Å². The van der Waals surface area contributed by atoms with E-state index in [1.807, 2.05) is 24.3 Å². The van der Waals surface area contributed by atoms with E-state index in [0.29, 0.717) is 15.2 Å². The predicted molar refractivity (Wildman–Crippen MR) is 105 cm³/mol. The fraction of sp³-hybridized carbons (Fsp3) is 0.333. The highest BCUT2D eigenvalue weighted by molar-refractivity contribution is 6.34. The molecule has 0 atom stereocenters. The lowest BCUT2D eigenvalue weighted by molar-refractivity contribution is 0.424. The smallest absolute Gasteiger partial charge is 0.159 e. The Morgan fingerprint density at radius 3 is 2.60 bits per heavy atom. The Kier molecular flexibility index (Phi) is 6.18. The molecule has 25 heavy (non-hydrogen) atoms. The summed E-state index contributed by atoms with van der Waals surface area (Å²) in [5.41, 5.74) is 2.20. The van der Waals surface area contributed by atoms with Crippen LogP contribution in [0.1, 0.15) is 18.1 Å². The molecule has 0 amide bonds. The molecule has 1 aromatic carbocycles. The second kappa shape index (κ2) is 8.37. The van der Waals surface area contributed by atoms with Crippen molar-refractivity contribution in [2.24, 2.45) is 4.99 Å². The predicted octanol–water partition coefficient (Wildman–Crippen LogP) is 4.74. The molecular formula is C18H19Cl3N4. The van der Waals surface area contributed by atoms with Gasteiger partial charge in [-0.25, -0.2) is 9.98 Å². The fourth-order valence-electron chi connectivity index (χ4n) is 2.83. The van der Waals surface area contributed by atoms with Crippen molar-refractivity contribution in [2.45, 2.75) is 19.9 Å². The summed E-state index contributed by atoms with van der Waals surface area (Å²) in [5.74, 6) is 1.78. The van der Waals surface area contributed by atoms with Crippen LogP contribution in [0.5, 0.6) is 0 Å². The van der Waals surface area contributed by atoms with E-state index in [9.17, 15) is 0 Å². The molecule has 3 rings (SSSR count). The lowest BCUT2D eigenvalue weighted by Gasteiger charge is -2.22. The number of halogens is 3. The molecule has 0 spiro atoms. The van der Waals surface area contributed by atoms with Gasteiger partial charge in [0.1, 0.15) is 11.0 Å². The summed E-state index contributed by atoms with van der Waals surface area (Å²) in [6.07, 6.45) is 0.803. The zero-order valence-corrected chi connectivity index (χ0v) is 16.2. The molecule has 2 heterocycles. The van der Waals surface area contributed by atoms with Crippen molar-refractivity contribution >= 4 is 46.5 Å². The fourth-order valence-corrected chi connectivity index (χ4v) is 3.55. The third-order valence-electron chi connectivity index (χ3n) is 4.06. The maximum atomic E-state index is 6.03. The van der Waals surface area contributed by atoms with Crippen LogP contribution in [0.25, 0.3) is 0 Å². The summed E-state index contributed by atoms with van der Waals surface area (Å²) in [5, 5.41) is 5.22. The maximum Gasteiger partial charge on any atom is 0.159 e. The lowest BCUT2D eigenvalue weighted by Crippen LogP contribution is -2.36. The maximum absolute atomic E-state index is 6.03. The van der Waals surface area contributed by atoms with E-state index in [-0.39, 0.29) is 0 Å². The second-order valence-corrected chi connectivity index (χ2v) is 7.12. The van der Waals surface area contributed by atoms with Crippen molar-refractivity contribution in [3.05, 3.63) is 56.7 Å². The summed E-state index contributed by atoms with van der Waals surface area (Å²) in [6, 6.07) is 9.39. The molecule has 1 aliphatic rings. The SMILES string of the molecule is CCN(CCNCc1cc(Cl)cc(Cl)c1)C1=Nc2nc(Cl)ccc2C1. The van der Waals surface area contributed by atoms with Crippen LogP contribution in [0, 0.1) is 0 Å². The van der Waals surface area contributed by atoms with Crippen LogP contribution in [0.3, 0.4) is 0 Å². The molecule has 0 radical (unpaired) electrons. The lowest BCUT2D eigenvalue weighted by atomic mass is 10.2. The average Bonchev–Trinajstić information content (AvgIpc) is 2.96. The van der Waals surface area contributed by atoms with Gasteiger partial charge >= 0.3 is 0 Å². The Morgan fingerprint density at radius 1 is 1.12 bits per heavy atom. The molecule has 4 nitrogen and oxygen atoms in total. The number of amidine groups is 1. The minimum absolute atomic E-state index is 0.480. The number of aliphatic imine (C=N–C) groups is 1. The molecule has 0 saturated heterocycles. The van der Waals surface area contributed by atoms with Gasteiger partial charge in [0.2, 0.25) is 0 Å². The summed E-state index contributed by atoms with van der Waals surface area (Å²) >= 11 is 18.0. The van der Waals surface area contributed by atoms with Crippen LogP contribution < -0.4 is 5.32 Å². The van der Waals surface area contributed by atoms with E-state index in [1.54, 1.807) is 6.07 Å². The molecule has 0 unspecified atom stereocenters. The van der Waals surface area contributed by atoms with Crippen LogP contribution in [0.15, 0.2) is 35.3 Å². The van der Waals surface area contributed by atoms with Crippen molar-refractivity contribution in [3.8, 4) is 0 Å². The number of nitrogens with zero attached hydrogens (tertiary/aromatic N) is 3. The molecule has 1 N–H and O–H groups in total. The molecule has 1 aromatic heterocycles. The van der Waals surface area contributed by atoms with Gasteiger partial charge in [0.05, 0.1) is 0 Å². The first-order chi connectivity index (χ1) is 12.0. The minimum atomic E-state index is 0.480. The standard InChI is InChI=1S/C18H19Cl3N4/c1-2-25(17-9-13-3-4-16(21)23-18(13)24-17)6-5-22-11-12-7-14(19)10-15(20)8-12/h3-4,7-8,10,22H,2,5-6,9,11H2,1H3. The van der Waals surface area contributed by atoms with E-state index in [4.69, 9.17) is 34.8 Å².